The third kappa shape index (κ3) is 3.17. The van der Waals surface area contributed by atoms with Gasteiger partial charge in [-0.2, -0.15) is 5.10 Å². The molecule has 0 aliphatic carbocycles. The molecule has 0 aliphatic heterocycles. The Morgan fingerprint density at radius 1 is 1.15 bits per heavy atom. The maximum absolute atomic E-state index is 12.4. The van der Waals surface area contributed by atoms with Crippen molar-refractivity contribution in [3.05, 3.63) is 84.5 Å². The molecule has 3 heterocycles. The second-order valence-electron chi connectivity index (χ2n) is 6.02. The summed E-state index contributed by atoms with van der Waals surface area (Å²) in [5.41, 5.74) is 3.10. The molecule has 0 saturated heterocycles. The van der Waals surface area contributed by atoms with E-state index in [-0.39, 0.29) is 11.9 Å². The predicted molar refractivity (Wildman–Crippen MR) is 97.9 cm³/mol. The van der Waals surface area contributed by atoms with E-state index in [0.717, 1.165) is 11.3 Å². The summed E-state index contributed by atoms with van der Waals surface area (Å²) in [5.74, 6) is 0.409. The van der Waals surface area contributed by atoms with Crippen LogP contribution in [0.5, 0.6) is 0 Å². The van der Waals surface area contributed by atoms with Gasteiger partial charge in [0.05, 0.1) is 12.3 Å². The average Bonchev–Trinajstić information content (AvgIpc) is 3.43. The van der Waals surface area contributed by atoms with Crippen LogP contribution in [0.2, 0.25) is 0 Å². The lowest BCUT2D eigenvalue weighted by molar-refractivity contribution is 0.0935. The van der Waals surface area contributed by atoms with E-state index in [1.165, 1.54) is 0 Å². The lowest BCUT2D eigenvalue weighted by atomic mass is 10.1. The molecule has 6 nitrogen and oxygen atoms in total. The van der Waals surface area contributed by atoms with Crippen molar-refractivity contribution in [3.63, 3.8) is 0 Å². The summed E-state index contributed by atoms with van der Waals surface area (Å²) in [4.78, 5) is 12.4. The first-order chi connectivity index (χ1) is 12.7. The molecule has 4 aromatic rings. The van der Waals surface area contributed by atoms with E-state index in [2.05, 4.69) is 15.5 Å². The van der Waals surface area contributed by atoms with Gasteiger partial charge in [0.1, 0.15) is 5.69 Å². The number of hydrogen-bond donors (Lipinski definition) is 2. The number of furan rings is 1. The summed E-state index contributed by atoms with van der Waals surface area (Å²) < 4.78 is 7.33. The Kier molecular flexibility index (Phi) is 4.15. The topological polar surface area (TPSA) is 75.8 Å². The molecule has 4 rings (SSSR count). The first-order valence-corrected chi connectivity index (χ1v) is 8.34. The Labute approximate surface area is 150 Å². The van der Waals surface area contributed by atoms with Gasteiger partial charge in [0.15, 0.2) is 11.5 Å². The number of nitrogens with one attached hydrogen (secondary N) is 2. The minimum absolute atomic E-state index is 0.134. The van der Waals surface area contributed by atoms with E-state index >= 15 is 0 Å². The van der Waals surface area contributed by atoms with Crippen LogP contribution in [0.1, 0.15) is 29.0 Å². The van der Waals surface area contributed by atoms with Crippen molar-refractivity contribution >= 4 is 5.91 Å². The summed E-state index contributed by atoms with van der Waals surface area (Å²) in [6.45, 7) is 1.95. The van der Waals surface area contributed by atoms with Gasteiger partial charge >= 0.3 is 0 Å². The Balaban J connectivity index is 1.44. The third-order valence-electron chi connectivity index (χ3n) is 4.24. The summed E-state index contributed by atoms with van der Waals surface area (Å²) in [5, 5.41) is 9.85. The number of hydrogen-bond acceptors (Lipinski definition) is 3. The van der Waals surface area contributed by atoms with Crippen molar-refractivity contribution in [1.82, 2.24) is 20.1 Å². The zero-order valence-corrected chi connectivity index (χ0v) is 14.2. The number of nitrogens with zero attached hydrogens (tertiary/aromatic N) is 2. The molecule has 1 aromatic carbocycles. The molecule has 0 saturated carbocycles. The second-order valence-corrected chi connectivity index (χ2v) is 6.02. The van der Waals surface area contributed by atoms with Gasteiger partial charge in [-0.05, 0) is 48.9 Å². The maximum Gasteiger partial charge on any atom is 0.272 e. The molecular formula is C20H18N4O2. The molecule has 1 amide bonds. The minimum Gasteiger partial charge on any atom is -0.463 e. The van der Waals surface area contributed by atoms with Crippen LogP contribution in [0.25, 0.3) is 17.1 Å². The number of carbonyl (C=O) groups excluding carboxylic acids is 1. The molecule has 0 fully saturated rings. The maximum atomic E-state index is 12.4. The molecule has 0 aliphatic rings. The highest BCUT2D eigenvalue weighted by molar-refractivity contribution is 5.93. The number of aromatic nitrogens is 3. The summed E-state index contributed by atoms with van der Waals surface area (Å²) >= 11 is 0. The zero-order valence-electron chi connectivity index (χ0n) is 14.2. The lowest BCUT2D eigenvalue weighted by Crippen LogP contribution is -2.26. The largest absolute Gasteiger partial charge is 0.463 e. The molecule has 0 bridgehead atoms. The first kappa shape index (κ1) is 16.0. The fourth-order valence-corrected chi connectivity index (χ4v) is 2.79. The Morgan fingerprint density at radius 3 is 2.62 bits per heavy atom. The van der Waals surface area contributed by atoms with Crippen LogP contribution in [-0.2, 0) is 0 Å². The number of aromatic amines is 1. The standard InChI is InChI=1S/C20H18N4O2/c1-14(15-6-8-16(9-7-15)24-10-2-3-11-24)21-20(25)18-13-17(22-23-18)19-5-4-12-26-19/h2-14H,1H3,(H,21,25)(H,22,23). The van der Waals surface area contributed by atoms with Crippen LogP contribution < -0.4 is 5.32 Å². The average molecular weight is 346 g/mol. The van der Waals surface area contributed by atoms with E-state index in [0.29, 0.717) is 17.1 Å². The summed E-state index contributed by atoms with van der Waals surface area (Å²) in [6.07, 6.45) is 5.57. The Morgan fingerprint density at radius 2 is 1.92 bits per heavy atom. The molecule has 26 heavy (non-hydrogen) atoms. The highest BCUT2D eigenvalue weighted by Gasteiger charge is 2.16. The monoisotopic (exact) mass is 346 g/mol. The van der Waals surface area contributed by atoms with E-state index in [9.17, 15) is 4.79 Å². The fourth-order valence-electron chi connectivity index (χ4n) is 2.79. The zero-order chi connectivity index (χ0) is 17.9. The molecule has 3 aromatic heterocycles. The normalized spacial score (nSPS) is 12.0. The molecule has 0 spiro atoms. The van der Waals surface area contributed by atoms with Gasteiger partial charge < -0.3 is 14.3 Å². The van der Waals surface area contributed by atoms with Crippen LogP contribution >= 0.6 is 0 Å². The second kappa shape index (κ2) is 6.76. The van der Waals surface area contributed by atoms with Crippen molar-refractivity contribution < 1.29 is 9.21 Å². The molecule has 0 radical (unpaired) electrons. The van der Waals surface area contributed by atoms with Crippen LogP contribution in [0, 0.1) is 0 Å². The highest BCUT2D eigenvalue weighted by Crippen LogP contribution is 2.19. The lowest BCUT2D eigenvalue weighted by Gasteiger charge is -2.14. The van der Waals surface area contributed by atoms with Gasteiger partial charge in [0.2, 0.25) is 0 Å². The van der Waals surface area contributed by atoms with Crippen molar-refractivity contribution in [3.8, 4) is 17.1 Å². The minimum atomic E-state index is -0.235. The Hall–Kier alpha value is -3.54. The number of carbonyl (C=O) groups is 1. The number of rotatable bonds is 5. The van der Waals surface area contributed by atoms with E-state index < -0.39 is 0 Å². The van der Waals surface area contributed by atoms with Gasteiger partial charge in [0.25, 0.3) is 5.91 Å². The van der Waals surface area contributed by atoms with E-state index in [1.807, 2.05) is 66.3 Å². The first-order valence-electron chi connectivity index (χ1n) is 8.34. The van der Waals surface area contributed by atoms with Crippen LogP contribution in [0.15, 0.2) is 77.7 Å². The van der Waals surface area contributed by atoms with Gasteiger partial charge in [-0.3, -0.25) is 9.89 Å². The third-order valence-corrected chi connectivity index (χ3v) is 4.24. The van der Waals surface area contributed by atoms with E-state index in [1.54, 1.807) is 18.4 Å². The quantitative estimate of drug-likeness (QED) is 0.574. The van der Waals surface area contributed by atoms with Gasteiger partial charge in [-0.1, -0.05) is 12.1 Å². The SMILES string of the molecule is CC(NC(=O)c1cc(-c2ccco2)[nH]n1)c1ccc(-n2cccc2)cc1. The molecule has 130 valence electrons. The molecule has 2 N–H and O–H groups in total. The fraction of sp³-hybridized carbons (Fsp3) is 0.100. The van der Waals surface area contributed by atoms with Crippen molar-refractivity contribution in [2.75, 3.05) is 0 Å². The van der Waals surface area contributed by atoms with Crippen LogP contribution in [0.3, 0.4) is 0 Å². The highest BCUT2D eigenvalue weighted by atomic mass is 16.3. The number of H-pyrrole nitrogens is 1. The smallest absolute Gasteiger partial charge is 0.272 e. The number of amides is 1. The van der Waals surface area contributed by atoms with Gasteiger partial charge in [-0.25, -0.2) is 0 Å². The van der Waals surface area contributed by atoms with Crippen molar-refractivity contribution in [2.24, 2.45) is 0 Å². The summed E-state index contributed by atoms with van der Waals surface area (Å²) in [7, 11) is 0. The van der Waals surface area contributed by atoms with Crippen molar-refractivity contribution in [2.45, 2.75) is 13.0 Å². The van der Waals surface area contributed by atoms with Crippen molar-refractivity contribution in [1.29, 1.82) is 0 Å². The van der Waals surface area contributed by atoms with Crippen LogP contribution in [0.4, 0.5) is 0 Å². The van der Waals surface area contributed by atoms with Gasteiger partial charge in [-0.15, -0.1) is 0 Å². The molecule has 1 atom stereocenters. The molecular weight excluding hydrogens is 328 g/mol. The number of benzene rings is 1. The summed E-state index contributed by atoms with van der Waals surface area (Å²) in [6, 6.07) is 17.2. The molecule has 6 heteroatoms. The molecule has 1 unspecified atom stereocenters. The predicted octanol–water partition coefficient (Wildman–Crippen LogP) is 3.95. The van der Waals surface area contributed by atoms with Gasteiger partial charge in [0, 0.05) is 24.1 Å². The van der Waals surface area contributed by atoms with Crippen LogP contribution in [-0.4, -0.2) is 20.7 Å². The van der Waals surface area contributed by atoms with E-state index in [4.69, 9.17) is 4.42 Å². The Bertz CT molecular complexity index is 983.